The molecule has 0 aliphatic carbocycles. The lowest BCUT2D eigenvalue weighted by molar-refractivity contribution is -0.115. The lowest BCUT2D eigenvalue weighted by Gasteiger charge is -2.12. The number of carbonyl (C=O) groups excluding carboxylic acids is 1. The van der Waals surface area contributed by atoms with Gasteiger partial charge in [-0.15, -0.1) is 10.2 Å². The van der Waals surface area contributed by atoms with Crippen LogP contribution in [-0.2, 0) is 4.79 Å². The normalized spacial score (nSPS) is 11.7. The molecule has 1 amide bonds. The number of methoxy groups -OCH3 is 1. The Kier molecular flexibility index (Phi) is 6.25. The van der Waals surface area contributed by atoms with Gasteiger partial charge >= 0.3 is 0 Å². The third-order valence-electron chi connectivity index (χ3n) is 3.53. The minimum absolute atomic E-state index is 0.177. The van der Waals surface area contributed by atoms with E-state index in [2.05, 4.69) is 20.8 Å². The van der Waals surface area contributed by atoms with Crippen molar-refractivity contribution in [1.29, 1.82) is 0 Å². The molecule has 0 spiro atoms. The zero-order valence-corrected chi connectivity index (χ0v) is 16.2. The van der Waals surface area contributed by atoms with Gasteiger partial charge in [-0.3, -0.25) is 4.79 Å². The summed E-state index contributed by atoms with van der Waals surface area (Å²) < 4.78 is 19.5. The van der Waals surface area contributed by atoms with Gasteiger partial charge in [-0.05, 0) is 31.2 Å². The van der Waals surface area contributed by atoms with Gasteiger partial charge in [0.15, 0.2) is 4.34 Å². The molecule has 2 aromatic carbocycles. The largest absolute Gasteiger partial charge is 0.495 e. The summed E-state index contributed by atoms with van der Waals surface area (Å²) in [7, 11) is 1.55. The van der Waals surface area contributed by atoms with Crippen LogP contribution in [0.25, 0.3) is 0 Å². The Hall–Kier alpha value is -2.65. The molecule has 0 aliphatic heterocycles. The number of ether oxygens (including phenoxy) is 1. The minimum atomic E-state index is -0.399. The number of rotatable bonds is 7. The van der Waals surface area contributed by atoms with E-state index in [1.165, 1.54) is 29.2 Å². The molecule has 27 heavy (non-hydrogen) atoms. The maximum atomic E-state index is 13.7. The van der Waals surface area contributed by atoms with Crippen molar-refractivity contribution in [2.45, 2.75) is 16.5 Å². The third kappa shape index (κ3) is 4.95. The van der Waals surface area contributed by atoms with Crippen LogP contribution in [0.1, 0.15) is 6.92 Å². The second-order valence-electron chi connectivity index (χ2n) is 5.43. The first kappa shape index (κ1) is 19.1. The van der Waals surface area contributed by atoms with Crippen LogP contribution in [0.2, 0.25) is 0 Å². The second kappa shape index (κ2) is 8.83. The Labute approximate surface area is 164 Å². The molecule has 0 fully saturated rings. The monoisotopic (exact) mass is 404 g/mol. The zero-order chi connectivity index (χ0) is 19.2. The molecule has 9 heteroatoms. The van der Waals surface area contributed by atoms with Crippen LogP contribution in [0.15, 0.2) is 52.9 Å². The molecule has 1 aromatic heterocycles. The van der Waals surface area contributed by atoms with Crippen molar-refractivity contribution in [3.05, 3.63) is 54.3 Å². The Balaban J connectivity index is 1.61. The first-order valence-electron chi connectivity index (χ1n) is 8.02. The van der Waals surface area contributed by atoms with Crippen LogP contribution in [0.5, 0.6) is 5.75 Å². The summed E-state index contributed by atoms with van der Waals surface area (Å²) in [5.74, 6) is 0.0464. The standard InChI is InChI=1S/C18H17FN4O2S2/c1-11(16(24)20-14-9-5-6-10-15(14)25-2)26-18-23-22-17(27-18)21-13-8-4-3-7-12(13)19/h3-11H,1-2H3,(H,20,24)(H,21,22)/t11-/m1/s1. The highest BCUT2D eigenvalue weighted by atomic mass is 32.2. The highest BCUT2D eigenvalue weighted by molar-refractivity contribution is 8.02. The van der Waals surface area contributed by atoms with Gasteiger partial charge in [0.05, 0.1) is 23.7 Å². The number of para-hydroxylation sites is 3. The van der Waals surface area contributed by atoms with Gasteiger partial charge in [0.2, 0.25) is 11.0 Å². The van der Waals surface area contributed by atoms with E-state index < -0.39 is 5.25 Å². The van der Waals surface area contributed by atoms with Crippen molar-refractivity contribution in [2.24, 2.45) is 0 Å². The zero-order valence-electron chi connectivity index (χ0n) is 14.6. The Morgan fingerprint density at radius 2 is 1.85 bits per heavy atom. The molecule has 3 rings (SSSR count). The Morgan fingerprint density at radius 1 is 1.15 bits per heavy atom. The van der Waals surface area contributed by atoms with E-state index in [9.17, 15) is 9.18 Å². The van der Waals surface area contributed by atoms with Crippen molar-refractivity contribution in [1.82, 2.24) is 10.2 Å². The summed E-state index contributed by atoms with van der Waals surface area (Å²) in [5.41, 5.74) is 0.934. The molecular weight excluding hydrogens is 387 g/mol. The molecule has 3 aromatic rings. The molecule has 0 saturated carbocycles. The van der Waals surface area contributed by atoms with E-state index in [1.807, 2.05) is 12.1 Å². The number of nitrogens with one attached hydrogen (secondary N) is 2. The Morgan fingerprint density at radius 3 is 2.59 bits per heavy atom. The fraction of sp³-hybridized carbons (Fsp3) is 0.167. The molecule has 140 valence electrons. The van der Waals surface area contributed by atoms with E-state index in [0.29, 0.717) is 26.6 Å². The first-order chi connectivity index (χ1) is 13.1. The highest BCUT2D eigenvalue weighted by Crippen LogP contribution is 2.32. The van der Waals surface area contributed by atoms with Gasteiger partial charge in [-0.25, -0.2) is 4.39 Å². The van der Waals surface area contributed by atoms with Gasteiger partial charge in [-0.2, -0.15) is 0 Å². The fourth-order valence-corrected chi connectivity index (χ4v) is 4.08. The smallest absolute Gasteiger partial charge is 0.237 e. The Bertz CT molecular complexity index is 935. The molecule has 1 atom stereocenters. The predicted octanol–water partition coefficient (Wildman–Crippen LogP) is 4.55. The summed E-state index contributed by atoms with van der Waals surface area (Å²) in [6.45, 7) is 1.78. The summed E-state index contributed by atoms with van der Waals surface area (Å²) in [6.07, 6.45) is 0. The topological polar surface area (TPSA) is 76.1 Å². The predicted molar refractivity (Wildman–Crippen MR) is 107 cm³/mol. The molecule has 0 saturated heterocycles. The van der Waals surface area contributed by atoms with Crippen molar-refractivity contribution in [3.63, 3.8) is 0 Å². The number of thioether (sulfide) groups is 1. The van der Waals surface area contributed by atoms with Crippen LogP contribution in [-0.4, -0.2) is 28.5 Å². The molecule has 0 radical (unpaired) electrons. The summed E-state index contributed by atoms with van der Waals surface area (Å²) >= 11 is 2.53. The molecule has 0 aliphatic rings. The van der Waals surface area contributed by atoms with Crippen LogP contribution in [0, 0.1) is 5.82 Å². The number of benzene rings is 2. The van der Waals surface area contributed by atoms with E-state index in [4.69, 9.17) is 4.74 Å². The van der Waals surface area contributed by atoms with Crippen LogP contribution in [0.3, 0.4) is 0 Å². The molecule has 1 heterocycles. The summed E-state index contributed by atoms with van der Waals surface area (Å²) in [5, 5.41) is 13.8. The van der Waals surface area contributed by atoms with Gasteiger partial charge in [0.1, 0.15) is 11.6 Å². The minimum Gasteiger partial charge on any atom is -0.495 e. The SMILES string of the molecule is COc1ccccc1NC(=O)[C@@H](C)Sc1nnc(Nc2ccccc2F)s1. The van der Waals surface area contributed by atoms with Crippen molar-refractivity contribution >= 4 is 45.5 Å². The van der Waals surface area contributed by atoms with E-state index in [1.54, 1.807) is 44.4 Å². The molecule has 6 nitrogen and oxygen atoms in total. The average molecular weight is 404 g/mol. The lowest BCUT2D eigenvalue weighted by atomic mass is 10.3. The van der Waals surface area contributed by atoms with Crippen LogP contribution in [0.4, 0.5) is 20.9 Å². The van der Waals surface area contributed by atoms with E-state index in [0.717, 1.165) is 0 Å². The maximum absolute atomic E-state index is 13.7. The molecular formula is C18H17FN4O2S2. The van der Waals surface area contributed by atoms with Crippen molar-refractivity contribution in [3.8, 4) is 5.75 Å². The molecule has 0 unspecified atom stereocenters. The lowest BCUT2D eigenvalue weighted by Crippen LogP contribution is -2.22. The van der Waals surface area contributed by atoms with E-state index in [-0.39, 0.29) is 11.7 Å². The summed E-state index contributed by atoms with van der Waals surface area (Å²) in [6, 6.07) is 13.5. The van der Waals surface area contributed by atoms with Crippen LogP contribution < -0.4 is 15.4 Å². The number of carbonyl (C=O) groups is 1. The van der Waals surface area contributed by atoms with Gasteiger partial charge in [0, 0.05) is 0 Å². The number of aromatic nitrogens is 2. The number of halogens is 1. The van der Waals surface area contributed by atoms with Gasteiger partial charge in [-0.1, -0.05) is 47.4 Å². The molecule has 0 bridgehead atoms. The van der Waals surface area contributed by atoms with Crippen LogP contribution >= 0.6 is 23.1 Å². The number of amides is 1. The molecule has 2 N–H and O–H groups in total. The van der Waals surface area contributed by atoms with Gasteiger partial charge in [0.25, 0.3) is 0 Å². The average Bonchev–Trinajstić information content (AvgIpc) is 3.11. The quantitative estimate of drug-likeness (QED) is 0.563. The summed E-state index contributed by atoms with van der Waals surface area (Å²) in [4.78, 5) is 12.4. The van der Waals surface area contributed by atoms with Crippen molar-refractivity contribution < 1.29 is 13.9 Å². The number of hydrogen-bond donors (Lipinski definition) is 2. The number of anilines is 3. The fourth-order valence-electron chi connectivity index (χ4n) is 2.17. The number of nitrogens with zero attached hydrogens (tertiary/aromatic N) is 2. The number of hydrogen-bond acceptors (Lipinski definition) is 7. The van der Waals surface area contributed by atoms with Gasteiger partial charge < -0.3 is 15.4 Å². The second-order valence-corrected chi connectivity index (χ2v) is 7.99. The third-order valence-corrected chi connectivity index (χ3v) is 5.56. The van der Waals surface area contributed by atoms with Crippen molar-refractivity contribution in [2.75, 3.05) is 17.7 Å². The maximum Gasteiger partial charge on any atom is 0.237 e. The highest BCUT2D eigenvalue weighted by Gasteiger charge is 2.18. The van der Waals surface area contributed by atoms with E-state index >= 15 is 0 Å². The first-order valence-corrected chi connectivity index (χ1v) is 9.72.